The Balaban J connectivity index is 1.64. The molecule has 22 heavy (non-hydrogen) atoms. The molecule has 0 spiro atoms. The number of hydrogen-bond donors (Lipinski definition) is 2. The van der Waals surface area contributed by atoms with E-state index in [-0.39, 0.29) is 24.2 Å². The standard InChI is InChI=1S/C16H18FN3O2/c17-13-3-1-11(2-4-13)12-5-7-20(8-6-12)16(22)14-9-18-10-15(21)19-14/h1-5,14,18H,6-10H2,(H,19,21)/t14-/m0/s1. The first kappa shape index (κ1) is 14.7. The van der Waals surface area contributed by atoms with Crippen LogP contribution in [-0.2, 0) is 9.59 Å². The molecule has 2 heterocycles. The maximum absolute atomic E-state index is 12.9. The molecule has 3 rings (SSSR count). The second-order valence-corrected chi connectivity index (χ2v) is 5.52. The maximum Gasteiger partial charge on any atom is 0.246 e. The molecule has 1 saturated heterocycles. The van der Waals surface area contributed by atoms with Crippen molar-refractivity contribution in [2.45, 2.75) is 12.5 Å². The summed E-state index contributed by atoms with van der Waals surface area (Å²) >= 11 is 0. The normalized spacial score (nSPS) is 22.0. The summed E-state index contributed by atoms with van der Waals surface area (Å²) < 4.78 is 12.9. The van der Waals surface area contributed by atoms with Gasteiger partial charge in [-0.3, -0.25) is 9.59 Å². The summed E-state index contributed by atoms with van der Waals surface area (Å²) in [5, 5.41) is 5.64. The first-order valence-corrected chi connectivity index (χ1v) is 7.37. The van der Waals surface area contributed by atoms with Crippen molar-refractivity contribution in [3.63, 3.8) is 0 Å². The molecule has 5 nitrogen and oxygen atoms in total. The molecule has 0 bridgehead atoms. The number of rotatable bonds is 2. The van der Waals surface area contributed by atoms with E-state index in [2.05, 4.69) is 10.6 Å². The predicted molar refractivity (Wildman–Crippen MR) is 80.4 cm³/mol. The second-order valence-electron chi connectivity index (χ2n) is 5.52. The molecule has 6 heteroatoms. The van der Waals surface area contributed by atoms with E-state index in [0.717, 1.165) is 17.6 Å². The lowest BCUT2D eigenvalue weighted by molar-refractivity contribution is -0.137. The molecular formula is C16H18FN3O2. The van der Waals surface area contributed by atoms with Gasteiger partial charge in [-0.2, -0.15) is 0 Å². The Labute approximate surface area is 128 Å². The number of amides is 2. The van der Waals surface area contributed by atoms with Crippen molar-refractivity contribution >= 4 is 17.4 Å². The van der Waals surface area contributed by atoms with E-state index in [1.807, 2.05) is 6.08 Å². The van der Waals surface area contributed by atoms with E-state index in [9.17, 15) is 14.0 Å². The van der Waals surface area contributed by atoms with Gasteiger partial charge in [0, 0.05) is 19.6 Å². The molecule has 2 N–H and O–H groups in total. The number of nitrogens with one attached hydrogen (secondary N) is 2. The molecule has 2 amide bonds. The van der Waals surface area contributed by atoms with Crippen molar-refractivity contribution in [2.24, 2.45) is 0 Å². The van der Waals surface area contributed by atoms with Crippen LogP contribution in [0.1, 0.15) is 12.0 Å². The van der Waals surface area contributed by atoms with Gasteiger partial charge in [-0.15, -0.1) is 0 Å². The van der Waals surface area contributed by atoms with E-state index < -0.39 is 6.04 Å². The highest BCUT2D eigenvalue weighted by Crippen LogP contribution is 2.22. The smallest absolute Gasteiger partial charge is 0.246 e. The third-order valence-corrected chi connectivity index (χ3v) is 4.00. The molecule has 1 atom stereocenters. The van der Waals surface area contributed by atoms with Crippen LogP contribution < -0.4 is 10.6 Å². The largest absolute Gasteiger partial charge is 0.342 e. The van der Waals surface area contributed by atoms with Crippen LogP contribution in [0.5, 0.6) is 0 Å². The SMILES string of the molecule is O=C1CNC[C@@H](C(=O)N2CC=C(c3ccc(F)cc3)CC2)N1. The summed E-state index contributed by atoms with van der Waals surface area (Å²) in [7, 11) is 0. The van der Waals surface area contributed by atoms with Gasteiger partial charge in [-0.05, 0) is 29.7 Å². The summed E-state index contributed by atoms with van der Waals surface area (Å²) in [4.78, 5) is 25.5. The number of carbonyl (C=O) groups excluding carboxylic acids is 2. The predicted octanol–water partition coefficient (Wildman–Crippen LogP) is 0.529. The Morgan fingerprint density at radius 3 is 2.68 bits per heavy atom. The molecular weight excluding hydrogens is 285 g/mol. The minimum atomic E-state index is -0.484. The highest BCUT2D eigenvalue weighted by atomic mass is 19.1. The molecule has 1 aromatic carbocycles. The van der Waals surface area contributed by atoms with Crippen LogP contribution in [0.3, 0.4) is 0 Å². The summed E-state index contributed by atoms with van der Waals surface area (Å²) in [5.41, 5.74) is 2.11. The van der Waals surface area contributed by atoms with E-state index in [1.54, 1.807) is 17.0 Å². The monoisotopic (exact) mass is 303 g/mol. The Morgan fingerprint density at radius 2 is 2.05 bits per heavy atom. The average molecular weight is 303 g/mol. The fraction of sp³-hybridized carbons (Fsp3) is 0.375. The van der Waals surface area contributed by atoms with Gasteiger partial charge in [-0.25, -0.2) is 4.39 Å². The van der Waals surface area contributed by atoms with Gasteiger partial charge in [0.15, 0.2) is 0 Å². The van der Waals surface area contributed by atoms with Crippen molar-refractivity contribution in [3.05, 3.63) is 41.7 Å². The Kier molecular flexibility index (Phi) is 4.20. The lowest BCUT2D eigenvalue weighted by Crippen LogP contribution is -2.59. The summed E-state index contributed by atoms with van der Waals surface area (Å²) in [6, 6.07) is 5.91. The van der Waals surface area contributed by atoms with Crippen LogP contribution in [0.25, 0.3) is 5.57 Å². The first-order chi connectivity index (χ1) is 10.6. The number of benzene rings is 1. The first-order valence-electron chi connectivity index (χ1n) is 7.37. The fourth-order valence-corrected chi connectivity index (χ4v) is 2.79. The highest BCUT2D eigenvalue weighted by molar-refractivity contribution is 5.90. The maximum atomic E-state index is 12.9. The second kappa shape index (κ2) is 6.27. The number of hydrogen-bond acceptors (Lipinski definition) is 3. The molecule has 1 fully saturated rings. The van der Waals surface area contributed by atoms with Gasteiger partial charge in [0.2, 0.25) is 11.8 Å². The molecule has 2 aliphatic heterocycles. The zero-order valence-corrected chi connectivity index (χ0v) is 12.1. The number of carbonyl (C=O) groups is 2. The third-order valence-electron chi connectivity index (χ3n) is 4.00. The van der Waals surface area contributed by atoms with Crippen molar-refractivity contribution in [2.75, 3.05) is 26.2 Å². The number of piperazine rings is 1. The van der Waals surface area contributed by atoms with Crippen LogP contribution >= 0.6 is 0 Å². The lowest BCUT2D eigenvalue weighted by Gasteiger charge is -2.32. The molecule has 116 valence electrons. The number of nitrogens with zero attached hydrogens (tertiary/aromatic N) is 1. The van der Waals surface area contributed by atoms with Crippen LogP contribution in [0.4, 0.5) is 4.39 Å². The van der Waals surface area contributed by atoms with E-state index in [0.29, 0.717) is 19.6 Å². The van der Waals surface area contributed by atoms with E-state index >= 15 is 0 Å². The van der Waals surface area contributed by atoms with Gasteiger partial charge >= 0.3 is 0 Å². The molecule has 2 aliphatic rings. The molecule has 0 saturated carbocycles. The molecule has 0 aromatic heterocycles. The average Bonchev–Trinajstić information content (AvgIpc) is 2.55. The number of halogens is 1. The van der Waals surface area contributed by atoms with Gasteiger partial charge in [0.25, 0.3) is 0 Å². The van der Waals surface area contributed by atoms with E-state index in [1.165, 1.54) is 12.1 Å². The molecule has 0 unspecified atom stereocenters. The van der Waals surface area contributed by atoms with Crippen molar-refractivity contribution in [1.82, 2.24) is 15.5 Å². The van der Waals surface area contributed by atoms with Gasteiger partial charge in [0.05, 0.1) is 6.54 Å². The minimum absolute atomic E-state index is 0.0602. The summed E-state index contributed by atoms with van der Waals surface area (Å²) in [6.45, 7) is 1.85. The van der Waals surface area contributed by atoms with Crippen molar-refractivity contribution in [1.29, 1.82) is 0 Å². The fourth-order valence-electron chi connectivity index (χ4n) is 2.79. The van der Waals surface area contributed by atoms with Crippen molar-refractivity contribution < 1.29 is 14.0 Å². The third kappa shape index (κ3) is 3.17. The highest BCUT2D eigenvalue weighted by Gasteiger charge is 2.29. The van der Waals surface area contributed by atoms with Crippen LogP contribution in [0.2, 0.25) is 0 Å². The summed E-state index contributed by atoms with van der Waals surface area (Å²) in [6.07, 6.45) is 2.72. The van der Waals surface area contributed by atoms with Crippen LogP contribution in [-0.4, -0.2) is 48.9 Å². The zero-order chi connectivity index (χ0) is 15.5. The zero-order valence-electron chi connectivity index (χ0n) is 12.1. The Hall–Kier alpha value is -2.21. The molecule has 0 radical (unpaired) electrons. The Morgan fingerprint density at radius 1 is 1.27 bits per heavy atom. The van der Waals surface area contributed by atoms with Crippen LogP contribution in [0, 0.1) is 5.82 Å². The van der Waals surface area contributed by atoms with Gasteiger partial charge < -0.3 is 15.5 Å². The minimum Gasteiger partial charge on any atom is -0.342 e. The van der Waals surface area contributed by atoms with Crippen molar-refractivity contribution in [3.8, 4) is 0 Å². The van der Waals surface area contributed by atoms with Crippen LogP contribution in [0.15, 0.2) is 30.3 Å². The lowest BCUT2D eigenvalue weighted by atomic mass is 9.99. The summed E-state index contributed by atoms with van der Waals surface area (Å²) in [5.74, 6) is -0.461. The van der Waals surface area contributed by atoms with E-state index in [4.69, 9.17) is 0 Å². The Bertz CT molecular complexity index is 612. The quantitative estimate of drug-likeness (QED) is 0.838. The van der Waals surface area contributed by atoms with Gasteiger partial charge in [0.1, 0.15) is 11.9 Å². The molecule has 0 aliphatic carbocycles. The molecule has 1 aromatic rings. The topological polar surface area (TPSA) is 61.4 Å². The van der Waals surface area contributed by atoms with Gasteiger partial charge in [-0.1, -0.05) is 18.2 Å².